The second-order valence-electron chi connectivity index (χ2n) is 9.05. The van der Waals surface area contributed by atoms with E-state index in [0.717, 1.165) is 50.6 Å². The summed E-state index contributed by atoms with van der Waals surface area (Å²) in [5.41, 5.74) is 1.12. The quantitative estimate of drug-likeness (QED) is 0.501. The van der Waals surface area contributed by atoms with Gasteiger partial charge in [0.15, 0.2) is 0 Å². The van der Waals surface area contributed by atoms with Crippen LogP contribution in [0.4, 0.5) is 0 Å². The SMILES string of the molecule is CCCCCC(=O)N(CC(=O)N(Cc1cccn1C)CC(C)C)C1CCCCC1. The lowest BCUT2D eigenvalue weighted by Gasteiger charge is -2.36. The molecule has 1 aromatic heterocycles. The zero-order chi connectivity index (χ0) is 21.2. The van der Waals surface area contributed by atoms with Crippen molar-refractivity contribution in [2.75, 3.05) is 13.1 Å². The number of aromatic nitrogens is 1. The van der Waals surface area contributed by atoms with E-state index in [1.165, 1.54) is 6.42 Å². The third-order valence-corrected chi connectivity index (χ3v) is 5.98. The molecular formula is C24H41N3O2. The third kappa shape index (κ3) is 7.52. The first-order valence-corrected chi connectivity index (χ1v) is 11.6. The topological polar surface area (TPSA) is 45.6 Å². The summed E-state index contributed by atoms with van der Waals surface area (Å²) >= 11 is 0. The van der Waals surface area contributed by atoms with Crippen LogP contribution in [0, 0.1) is 5.92 Å². The van der Waals surface area contributed by atoms with E-state index in [2.05, 4.69) is 31.4 Å². The van der Waals surface area contributed by atoms with Crippen molar-refractivity contribution in [2.45, 2.75) is 91.1 Å². The molecule has 5 heteroatoms. The fourth-order valence-electron chi connectivity index (χ4n) is 4.28. The Morgan fingerprint density at radius 1 is 1.14 bits per heavy atom. The monoisotopic (exact) mass is 403 g/mol. The lowest BCUT2D eigenvalue weighted by molar-refractivity contribution is -0.143. The van der Waals surface area contributed by atoms with Crippen molar-refractivity contribution < 1.29 is 9.59 Å². The van der Waals surface area contributed by atoms with E-state index in [1.807, 2.05) is 29.1 Å². The Labute approximate surface area is 177 Å². The molecular weight excluding hydrogens is 362 g/mol. The molecule has 0 N–H and O–H groups in total. The van der Waals surface area contributed by atoms with Gasteiger partial charge in [0.2, 0.25) is 11.8 Å². The summed E-state index contributed by atoms with van der Waals surface area (Å²) in [7, 11) is 2.01. The van der Waals surface area contributed by atoms with Gasteiger partial charge >= 0.3 is 0 Å². The van der Waals surface area contributed by atoms with Gasteiger partial charge in [0.05, 0.1) is 6.54 Å². The number of hydrogen-bond acceptors (Lipinski definition) is 2. The standard InChI is InChI=1S/C24H41N3O2/c1-5-6-8-15-23(28)27(21-12-9-7-10-13-21)19-24(29)26(17-20(2)3)18-22-14-11-16-25(22)4/h11,14,16,20-21H,5-10,12-13,15,17-19H2,1-4H3. The second-order valence-corrected chi connectivity index (χ2v) is 9.05. The largest absolute Gasteiger partial charge is 0.353 e. The Balaban J connectivity index is 2.10. The zero-order valence-electron chi connectivity index (χ0n) is 19.0. The van der Waals surface area contributed by atoms with Gasteiger partial charge in [0, 0.05) is 37.9 Å². The number of carbonyl (C=O) groups is 2. The first kappa shape index (κ1) is 23.5. The Kier molecular flexibility index (Phi) is 9.75. The van der Waals surface area contributed by atoms with Gasteiger partial charge < -0.3 is 14.4 Å². The van der Waals surface area contributed by atoms with Crippen molar-refractivity contribution in [3.05, 3.63) is 24.0 Å². The lowest BCUT2D eigenvalue weighted by Crippen LogP contribution is -2.48. The third-order valence-electron chi connectivity index (χ3n) is 5.98. The number of carbonyl (C=O) groups excluding carboxylic acids is 2. The van der Waals surface area contributed by atoms with Crippen molar-refractivity contribution >= 4 is 11.8 Å². The predicted molar refractivity (Wildman–Crippen MR) is 118 cm³/mol. The molecule has 0 radical (unpaired) electrons. The summed E-state index contributed by atoms with van der Waals surface area (Å²) in [5, 5.41) is 0. The molecule has 2 amide bonds. The molecule has 0 saturated heterocycles. The van der Waals surface area contributed by atoms with Gasteiger partial charge in [-0.05, 0) is 37.3 Å². The summed E-state index contributed by atoms with van der Waals surface area (Å²) in [5.74, 6) is 0.638. The van der Waals surface area contributed by atoms with Gasteiger partial charge in [-0.25, -0.2) is 0 Å². The number of aryl methyl sites for hydroxylation is 1. The smallest absolute Gasteiger partial charge is 0.242 e. The maximum atomic E-state index is 13.3. The predicted octanol–water partition coefficient (Wildman–Crippen LogP) is 4.75. The number of nitrogens with zero attached hydrogens (tertiary/aromatic N) is 3. The maximum absolute atomic E-state index is 13.3. The highest BCUT2D eigenvalue weighted by molar-refractivity contribution is 5.85. The lowest BCUT2D eigenvalue weighted by atomic mass is 9.93. The minimum absolute atomic E-state index is 0.0781. The van der Waals surface area contributed by atoms with Crippen LogP contribution in [0.3, 0.4) is 0 Å². The van der Waals surface area contributed by atoms with Crippen LogP contribution >= 0.6 is 0 Å². The first-order valence-electron chi connectivity index (χ1n) is 11.6. The van der Waals surface area contributed by atoms with Crippen LogP contribution in [-0.4, -0.2) is 45.3 Å². The zero-order valence-corrected chi connectivity index (χ0v) is 19.0. The molecule has 5 nitrogen and oxygen atoms in total. The van der Waals surface area contributed by atoms with E-state index in [4.69, 9.17) is 0 Å². The van der Waals surface area contributed by atoms with E-state index in [9.17, 15) is 9.59 Å². The van der Waals surface area contributed by atoms with Gasteiger partial charge in [-0.1, -0.05) is 52.9 Å². The summed E-state index contributed by atoms with van der Waals surface area (Å²) in [4.78, 5) is 30.2. The Morgan fingerprint density at radius 3 is 2.45 bits per heavy atom. The van der Waals surface area contributed by atoms with Crippen LogP contribution < -0.4 is 0 Å². The van der Waals surface area contributed by atoms with Crippen LogP contribution in [0.25, 0.3) is 0 Å². The molecule has 1 fully saturated rings. The van der Waals surface area contributed by atoms with Gasteiger partial charge in [0.1, 0.15) is 6.54 Å². The van der Waals surface area contributed by atoms with Crippen molar-refractivity contribution in [1.29, 1.82) is 0 Å². The van der Waals surface area contributed by atoms with Crippen molar-refractivity contribution in [1.82, 2.24) is 14.4 Å². The molecule has 0 spiro atoms. The molecule has 2 rings (SSSR count). The summed E-state index contributed by atoms with van der Waals surface area (Å²) in [6.45, 7) is 7.97. The molecule has 0 unspecified atom stereocenters. The van der Waals surface area contributed by atoms with Gasteiger partial charge in [-0.3, -0.25) is 9.59 Å². The van der Waals surface area contributed by atoms with E-state index >= 15 is 0 Å². The van der Waals surface area contributed by atoms with Crippen LogP contribution in [0.5, 0.6) is 0 Å². The fourth-order valence-corrected chi connectivity index (χ4v) is 4.28. The van der Waals surface area contributed by atoms with Crippen LogP contribution in [0.1, 0.15) is 84.3 Å². The normalized spacial score (nSPS) is 14.9. The van der Waals surface area contributed by atoms with Crippen LogP contribution in [0.15, 0.2) is 18.3 Å². The van der Waals surface area contributed by atoms with Gasteiger partial charge in [-0.15, -0.1) is 0 Å². The molecule has 1 heterocycles. The van der Waals surface area contributed by atoms with E-state index in [0.29, 0.717) is 25.4 Å². The van der Waals surface area contributed by atoms with Crippen LogP contribution in [0.2, 0.25) is 0 Å². The molecule has 1 aliphatic carbocycles. The number of amides is 2. The molecule has 0 bridgehead atoms. The second kappa shape index (κ2) is 12.0. The molecule has 0 aliphatic heterocycles. The number of unbranched alkanes of at least 4 members (excludes halogenated alkanes) is 2. The average Bonchev–Trinajstić information content (AvgIpc) is 3.10. The molecule has 29 heavy (non-hydrogen) atoms. The molecule has 0 aromatic carbocycles. The molecule has 0 atom stereocenters. The highest BCUT2D eigenvalue weighted by atomic mass is 16.2. The molecule has 1 saturated carbocycles. The maximum Gasteiger partial charge on any atom is 0.242 e. The summed E-state index contributed by atoms with van der Waals surface area (Å²) in [6, 6.07) is 4.31. The molecule has 1 aromatic rings. The molecule has 1 aliphatic rings. The Hall–Kier alpha value is -1.78. The minimum atomic E-state index is 0.0781. The number of hydrogen-bond donors (Lipinski definition) is 0. The highest BCUT2D eigenvalue weighted by Gasteiger charge is 2.29. The van der Waals surface area contributed by atoms with E-state index in [1.54, 1.807) is 0 Å². The van der Waals surface area contributed by atoms with E-state index in [-0.39, 0.29) is 24.4 Å². The fraction of sp³-hybridized carbons (Fsp3) is 0.750. The van der Waals surface area contributed by atoms with Gasteiger partial charge in [0.25, 0.3) is 0 Å². The van der Waals surface area contributed by atoms with E-state index < -0.39 is 0 Å². The van der Waals surface area contributed by atoms with Gasteiger partial charge in [-0.2, -0.15) is 0 Å². The first-order chi connectivity index (χ1) is 13.9. The van der Waals surface area contributed by atoms with Crippen molar-refractivity contribution in [3.8, 4) is 0 Å². The average molecular weight is 404 g/mol. The molecule has 164 valence electrons. The van der Waals surface area contributed by atoms with Crippen molar-refractivity contribution in [2.24, 2.45) is 13.0 Å². The highest BCUT2D eigenvalue weighted by Crippen LogP contribution is 2.24. The Bertz CT molecular complexity index is 632. The minimum Gasteiger partial charge on any atom is -0.353 e. The number of rotatable bonds is 11. The summed E-state index contributed by atoms with van der Waals surface area (Å²) < 4.78 is 2.06. The summed E-state index contributed by atoms with van der Waals surface area (Å²) in [6.07, 6.45) is 11.3. The van der Waals surface area contributed by atoms with Crippen molar-refractivity contribution in [3.63, 3.8) is 0 Å². The Morgan fingerprint density at radius 2 is 1.86 bits per heavy atom. The van der Waals surface area contributed by atoms with Crippen LogP contribution in [-0.2, 0) is 23.2 Å².